The second kappa shape index (κ2) is 3.52. The van der Waals surface area contributed by atoms with Crippen molar-refractivity contribution in [2.45, 2.75) is 0 Å². The van der Waals surface area contributed by atoms with Crippen molar-refractivity contribution in [1.29, 1.82) is 0 Å². The lowest BCUT2D eigenvalue weighted by molar-refractivity contribution is 0.432. The molecule has 0 bridgehead atoms. The summed E-state index contributed by atoms with van der Waals surface area (Å²) in [6.07, 6.45) is 1.62. The van der Waals surface area contributed by atoms with Gasteiger partial charge >= 0.3 is 0 Å². The first-order valence-corrected chi connectivity index (χ1v) is 4.80. The second-order valence-corrected chi connectivity index (χ2v) is 3.80. The maximum Gasteiger partial charge on any atom is 0.180 e. The quantitative estimate of drug-likeness (QED) is 0.778. The summed E-state index contributed by atoms with van der Waals surface area (Å²) in [5.41, 5.74) is 0.953. The molecule has 1 heterocycles. The van der Waals surface area contributed by atoms with E-state index in [1.165, 1.54) is 0 Å². The third-order valence-corrected chi connectivity index (χ3v) is 2.45. The average molecular weight is 259 g/mol. The van der Waals surface area contributed by atoms with Gasteiger partial charge in [-0.3, -0.25) is 0 Å². The Morgan fingerprint density at radius 1 is 1.23 bits per heavy atom. The molecule has 1 aromatic heterocycles. The van der Waals surface area contributed by atoms with Crippen molar-refractivity contribution >= 4 is 27.5 Å². The lowest BCUT2D eigenvalue weighted by Gasteiger charge is -1.95. The lowest BCUT2D eigenvalue weighted by Crippen LogP contribution is -1.73. The van der Waals surface area contributed by atoms with Crippen LogP contribution in [0.3, 0.4) is 0 Å². The van der Waals surface area contributed by atoms with Gasteiger partial charge < -0.3 is 4.52 Å². The molecule has 0 amide bonds. The van der Waals surface area contributed by atoms with E-state index in [4.69, 9.17) is 16.1 Å². The fourth-order valence-electron chi connectivity index (χ4n) is 1.02. The fraction of sp³-hybridized carbons (Fsp3) is 0. The van der Waals surface area contributed by atoms with Crippen LogP contribution in [0.1, 0.15) is 0 Å². The van der Waals surface area contributed by atoms with Crippen LogP contribution in [0.5, 0.6) is 0 Å². The molecule has 4 heteroatoms. The molecule has 0 aliphatic carbocycles. The molecule has 2 nitrogen and oxygen atoms in total. The number of rotatable bonds is 1. The summed E-state index contributed by atoms with van der Waals surface area (Å²) in [6.45, 7) is 0. The lowest BCUT2D eigenvalue weighted by atomic mass is 10.2. The maximum absolute atomic E-state index is 5.75. The summed E-state index contributed by atoms with van der Waals surface area (Å²) < 4.78 is 5.89. The van der Waals surface area contributed by atoms with E-state index in [1.807, 2.05) is 24.3 Å². The molecule has 0 saturated carbocycles. The van der Waals surface area contributed by atoms with Gasteiger partial charge in [-0.2, -0.15) is 0 Å². The molecule has 0 aliphatic rings. The summed E-state index contributed by atoms with van der Waals surface area (Å²) in [6, 6.07) is 7.39. The van der Waals surface area contributed by atoms with Crippen LogP contribution in [0, 0.1) is 0 Å². The molecule has 0 unspecified atom stereocenters. The van der Waals surface area contributed by atoms with Crippen LogP contribution >= 0.6 is 27.5 Å². The smallest absolute Gasteiger partial charge is 0.180 e. The van der Waals surface area contributed by atoms with Crippen LogP contribution in [0.15, 0.2) is 39.5 Å². The van der Waals surface area contributed by atoms with E-state index in [0.29, 0.717) is 5.02 Å². The summed E-state index contributed by atoms with van der Waals surface area (Å²) in [5.74, 6) is 0.719. The van der Waals surface area contributed by atoms with E-state index in [2.05, 4.69) is 21.1 Å². The van der Waals surface area contributed by atoms with Crippen molar-refractivity contribution in [3.8, 4) is 11.3 Å². The van der Waals surface area contributed by atoms with Crippen molar-refractivity contribution in [2.75, 3.05) is 0 Å². The summed E-state index contributed by atoms with van der Waals surface area (Å²) in [7, 11) is 0. The Kier molecular flexibility index (Phi) is 2.38. The Labute approximate surface area is 88.6 Å². The molecular weight excluding hydrogens is 253 g/mol. The van der Waals surface area contributed by atoms with Gasteiger partial charge in [-0.15, -0.1) is 0 Å². The van der Waals surface area contributed by atoms with Gasteiger partial charge in [0.1, 0.15) is 0 Å². The van der Waals surface area contributed by atoms with Gasteiger partial charge in [0.25, 0.3) is 0 Å². The SMILES string of the molecule is Clc1ccc(-c2oncc2Br)cc1. The number of aromatic nitrogens is 1. The van der Waals surface area contributed by atoms with E-state index in [9.17, 15) is 0 Å². The average Bonchev–Trinajstić information content (AvgIpc) is 2.53. The molecule has 66 valence electrons. The van der Waals surface area contributed by atoms with E-state index in [1.54, 1.807) is 6.20 Å². The van der Waals surface area contributed by atoms with Gasteiger partial charge in [0.15, 0.2) is 5.76 Å². The molecule has 0 saturated heterocycles. The van der Waals surface area contributed by atoms with Gasteiger partial charge in [-0.05, 0) is 40.2 Å². The molecule has 0 fully saturated rings. The Balaban J connectivity index is 2.47. The van der Waals surface area contributed by atoms with Crippen LogP contribution in [-0.2, 0) is 0 Å². The predicted molar refractivity (Wildman–Crippen MR) is 54.6 cm³/mol. The third kappa shape index (κ3) is 1.76. The Morgan fingerprint density at radius 3 is 2.46 bits per heavy atom. The minimum atomic E-state index is 0.708. The summed E-state index contributed by atoms with van der Waals surface area (Å²) in [4.78, 5) is 0. The monoisotopic (exact) mass is 257 g/mol. The van der Waals surface area contributed by atoms with Gasteiger partial charge in [0.2, 0.25) is 0 Å². The number of nitrogens with zero attached hydrogens (tertiary/aromatic N) is 1. The van der Waals surface area contributed by atoms with E-state index < -0.39 is 0 Å². The standard InChI is InChI=1S/C9H5BrClNO/c10-8-5-12-13-9(8)6-1-3-7(11)4-2-6/h1-5H. The van der Waals surface area contributed by atoms with Crippen molar-refractivity contribution in [1.82, 2.24) is 5.16 Å². The highest BCUT2D eigenvalue weighted by Gasteiger charge is 2.07. The molecule has 0 atom stereocenters. The molecule has 1 aromatic carbocycles. The van der Waals surface area contributed by atoms with Crippen LogP contribution in [0.4, 0.5) is 0 Å². The van der Waals surface area contributed by atoms with E-state index in [0.717, 1.165) is 15.8 Å². The molecule has 0 spiro atoms. The van der Waals surface area contributed by atoms with E-state index >= 15 is 0 Å². The molecule has 0 N–H and O–H groups in total. The summed E-state index contributed by atoms with van der Waals surface area (Å²) in [5, 5.41) is 4.37. The minimum absolute atomic E-state index is 0.708. The molecule has 2 rings (SSSR count). The van der Waals surface area contributed by atoms with Gasteiger partial charge in [0, 0.05) is 10.6 Å². The van der Waals surface area contributed by atoms with Crippen molar-refractivity contribution in [3.05, 3.63) is 40.0 Å². The van der Waals surface area contributed by atoms with Crippen LogP contribution < -0.4 is 0 Å². The van der Waals surface area contributed by atoms with Crippen LogP contribution in [-0.4, -0.2) is 5.16 Å². The number of hydrogen-bond acceptors (Lipinski definition) is 2. The van der Waals surface area contributed by atoms with Gasteiger partial charge in [-0.25, -0.2) is 0 Å². The highest BCUT2D eigenvalue weighted by Crippen LogP contribution is 2.28. The summed E-state index contributed by atoms with van der Waals surface area (Å²) >= 11 is 9.09. The first-order valence-electron chi connectivity index (χ1n) is 3.63. The zero-order valence-corrected chi connectivity index (χ0v) is 8.84. The van der Waals surface area contributed by atoms with Crippen molar-refractivity contribution < 1.29 is 4.52 Å². The Hall–Kier alpha value is -0.800. The maximum atomic E-state index is 5.75. The Bertz CT molecular complexity index is 410. The molecule has 2 aromatic rings. The van der Waals surface area contributed by atoms with Gasteiger partial charge in [-0.1, -0.05) is 16.8 Å². The predicted octanol–water partition coefficient (Wildman–Crippen LogP) is 3.76. The fourth-order valence-corrected chi connectivity index (χ4v) is 1.53. The number of hydrogen-bond donors (Lipinski definition) is 0. The molecule has 13 heavy (non-hydrogen) atoms. The zero-order valence-electron chi connectivity index (χ0n) is 6.50. The second-order valence-electron chi connectivity index (χ2n) is 2.51. The topological polar surface area (TPSA) is 26.0 Å². The highest BCUT2D eigenvalue weighted by molar-refractivity contribution is 9.10. The third-order valence-electron chi connectivity index (χ3n) is 1.63. The minimum Gasteiger partial charge on any atom is -0.355 e. The molecule has 0 radical (unpaired) electrons. The first-order chi connectivity index (χ1) is 6.27. The first kappa shape index (κ1) is 8.78. The van der Waals surface area contributed by atoms with Crippen molar-refractivity contribution in [3.63, 3.8) is 0 Å². The highest BCUT2D eigenvalue weighted by atomic mass is 79.9. The molecule has 0 aliphatic heterocycles. The van der Waals surface area contributed by atoms with Crippen LogP contribution in [0.25, 0.3) is 11.3 Å². The number of halogens is 2. The zero-order chi connectivity index (χ0) is 9.26. The van der Waals surface area contributed by atoms with E-state index in [-0.39, 0.29) is 0 Å². The molecular formula is C9H5BrClNO. The van der Waals surface area contributed by atoms with Crippen LogP contribution in [0.2, 0.25) is 5.02 Å². The van der Waals surface area contributed by atoms with Crippen molar-refractivity contribution in [2.24, 2.45) is 0 Å². The normalized spacial score (nSPS) is 10.3. The Morgan fingerprint density at radius 2 is 1.92 bits per heavy atom. The number of benzene rings is 1. The van der Waals surface area contributed by atoms with Gasteiger partial charge in [0.05, 0.1) is 10.7 Å². The largest absolute Gasteiger partial charge is 0.355 e.